The summed E-state index contributed by atoms with van der Waals surface area (Å²) < 4.78 is 0. The van der Waals surface area contributed by atoms with Gasteiger partial charge in [-0.15, -0.1) is 0 Å². The average Bonchev–Trinajstić information content (AvgIpc) is 2.48. The Balaban J connectivity index is 4.84. The average molecular weight is 398 g/mol. The molecule has 0 aliphatic rings. The second-order valence-electron chi connectivity index (χ2n) is 12.4. The quantitative estimate of drug-likeness (QED) is 0.327. The molecule has 0 aliphatic carbocycles. The molecule has 3 heteroatoms. The molecular formula is C25H55N3. The molecule has 3 N–H and O–H groups in total. The zero-order valence-corrected chi connectivity index (χ0v) is 21.4. The van der Waals surface area contributed by atoms with Crippen molar-refractivity contribution in [3.05, 3.63) is 0 Å². The molecule has 0 atom stereocenters. The maximum atomic E-state index is 3.68. The summed E-state index contributed by atoms with van der Waals surface area (Å²) in [5.41, 5.74) is 1.11. The lowest BCUT2D eigenvalue weighted by atomic mass is 9.67. The van der Waals surface area contributed by atoms with Gasteiger partial charge in [-0.3, -0.25) is 0 Å². The Hall–Kier alpha value is -0.120. The number of hydrogen-bond acceptors (Lipinski definition) is 3. The number of hydrogen-bond donors (Lipinski definition) is 3. The van der Waals surface area contributed by atoms with E-state index in [-0.39, 0.29) is 16.6 Å². The van der Waals surface area contributed by atoms with Crippen molar-refractivity contribution in [2.45, 2.75) is 131 Å². The molecule has 0 rings (SSSR count). The van der Waals surface area contributed by atoms with Gasteiger partial charge in [0.25, 0.3) is 0 Å². The Labute approximate surface area is 178 Å². The van der Waals surface area contributed by atoms with E-state index in [0.717, 1.165) is 25.6 Å². The van der Waals surface area contributed by atoms with Crippen molar-refractivity contribution in [3.8, 4) is 0 Å². The SMILES string of the molecule is CC(C)C(CCCNC(C)(C)C)(CCCNC(C)(C)C)CCCNC(C)(C)C. The van der Waals surface area contributed by atoms with Crippen molar-refractivity contribution in [1.82, 2.24) is 16.0 Å². The Bertz CT molecular complexity index is 338. The third-order valence-corrected chi connectivity index (χ3v) is 5.75. The molecule has 0 bridgehead atoms. The van der Waals surface area contributed by atoms with Crippen molar-refractivity contribution in [2.75, 3.05) is 19.6 Å². The van der Waals surface area contributed by atoms with Crippen LogP contribution in [0.2, 0.25) is 0 Å². The number of nitrogens with one attached hydrogen (secondary N) is 3. The molecule has 3 nitrogen and oxygen atoms in total. The van der Waals surface area contributed by atoms with E-state index in [9.17, 15) is 0 Å². The molecule has 0 aliphatic heterocycles. The Morgan fingerprint density at radius 1 is 0.500 bits per heavy atom. The minimum atomic E-state index is 0.216. The Kier molecular flexibility index (Phi) is 11.9. The third kappa shape index (κ3) is 14.8. The van der Waals surface area contributed by atoms with Gasteiger partial charge >= 0.3 is 0 Å². The molecule has 0 aromatic heterocycles. The molecule has 0 saturated heterocycles. The standard InChI is InChI=1S/C25H55N3/c1-21(2)25(15-12-18-26-22(3,4)5,16-13-19-27-23(6,7)8)17-14-20-28-24(9,10)11/h21,26-28H,12-20H2,1-11H3. The predicted octanol–water partition coefficient (Wildman–Crippen LogP) is 6.13. The zero-order valence-electron chi connectivity index (χ0n) is 21.4. The summed E-state index contributed by atoms with van der Waals surface area (Å²) in [6.45, 7) is 28.6. The van der Waals surface area contributed by atoms with Gasteiger partial charge < -0.3 is 16.0 Å². The largest absolute Gasteiger partial charge is 0.312 e. The molecule has 0 saturated carbocycles. The first-order valence-electron chi connectivity index (χ1n) is 11.8. The molecule has 0 radical (unpaired) electrons. The van der Waals surface area contributed by atoms with Crippen LogP contribution >= 0.6 is 0 Å². The highest BCUT2D eigenvalue weighted by Crippen LogP contribution is 2.42. The maximum Gasteiger partial charge on any atom is 0.00965 e. The van der Waals surface area contributed by atoms with Crippen LogP contribution in [0, 0.1) is 11.3 Å². The van der Waals surface area contributed by atoms with E-state index < -0.39 is 0 Å². The van der Waals surface area contributed by atoms with Gasteiger partial charge in [-0.2, -0.15) is 0 Å². The van der Waals surface area contributed by atoms with Crippen LogP contribution in [0.4, 0.5) is 0 Å². The van der Waals surface area contributed by atoms with Crippen LogP contribution in [0.1, 0.15) is 115 Å². The maximum absolute atomic E-state index is 3.68. The third-order valence-electron chi connectivity index (χ3n) is 5.75. The molecule has 0 unspecified atom stereocenters. The summed E-state index contributed by atoms with van der Waals surface area (Å²) in [4.78, 5) is 0. The van der Waals surface area contributed by atoms with E-state index in [2.05, 4.69) is 92.1 Å². The number of rotatable bonds is 13. The highest BCUT2D eigenvalue weighted by molar-refractivity contribution is 4.85. The molecule has 0 spiro atoms. The summed E-state index contributed by atoms with van der Waals surface area (Å²) in [7, 11) is 0. The van der Waals surface area contributed by atoms with E-state index in [1.165, 1.54) is 38.5 Å². The van der Waals surface area contributed by atoms with E-state index in [1.807, 2.05) is 0 Å². The molecule has 0 fully saturated rings. The minimum absolute atomic E-state index is 0.216. The lowest BCUT2D eigenvalue weighted by Gasteiger charge is -2.39. The summed E-state index contributed by atoms with van der Waals surface area (Å²) in [5.74, 6) is 0.728. The molecule has 0 aromatic rings. The van der Waals surface area contributed by atoms with Gasteiger partial charge in [-0.05, 0) is 132 Å². The minimum Gasteiger partial charge on any atom is -0.312 e. The van der Waals surface area contributed by atoms with Crippen molar-refractivity contribution < 1.29 is 0 Å². The topological polar surface area (TPSA) is 36.1 Å². The zero-order chi connectivity index (χ0) is 22.1. The van der Waals surface area contributed by atoms with Crippen LogP contribution in [-0.2, 0) is 0 Å². The van der Waals surface area contributed by atoms with Crippen LogP contribution in [0.15, 0.2) is 0 Å². The van der Waals surface area contributed by atoms with Crippen molar-refractivity contribution in [3.63, 3.8) is 0 Å². The first-order valence-corrected chi connectivity index (χ1v) is 11.8. The molecule has 0 aromatic carbocycles. The fourth-order valence-electron chi connectivity index (χ4n) is 3.95. The van der Waals surface area contributed by atoms with Crippen molar-refractivity contribution in [1.29, 1.82) is 0 Å². The van der Waals surface area contributed by atoms with Crippen LogP contribution in [0.3, 0.4) is 0 Å². The van der Waals surface area contributed by atoms with E-state index in [4.69, 9.17) is 0 Å². The fraction of sp³-hybridized carbons (Fsp3) is 1.00. The van der Waals surface area contributed by atoms with Crippen LogP contribution in [-0.4, -0.2) is 36.3 Å². The smallest absolute Gasteiger partial charge is 0.00965 e. The normalized spacial score (nSPS) is 14.1. The Morgan fingerprint density at radius 2 is 0.750 bits per heavy atom. The van der Waals surface area contributed by atoms with Gasteiger partial charge in [0.1, 0.15) is 0 Å². The van der Waals surface area contributed by atoms with E-state index in [1.54, 1.807) is 0 Å². The van der Waals surface area contributed by atoms with Gasteiger partial charge in [0.05, 0.1) is 0 Å². The highest BCUT2D eigenvalue weighted by atomic mass is 14.9. The first-order chi connectivity index (χ1) is 12.6. The fourth-order valence-corrected chi connectivity index (χ4v) is 3.95. The second-order valence-corrected chi connectivity index (χ2v) is 12.4. The van der Waals surface area contributed by atoms with Crippen LogP contribution in [0.25, 0.3) is 0 Å². The van der Waals surface area contributed by atoms with Gasteiger partial charge in [-0.1, -0.05) is 13.8 Å². The van der Waals surface area contributed by atoms with Crippen LogP contribution < -0.4 is 16.0 Å². The van der Waals surface area contributed by atoms with Gasteiger partial charge in [-0.25, -0.2) is 0 Å². The highest BCUT2D eigenvalue weighted by Gasteiger charge is 2.32. The van der Waals surface area contributed by atoms with Crippen molar-refractivity contribution >= 4 is 0 Å². The summed E-state index contributed by atoms with van der Waals surface area (Å²) >= 11 is 0. The molecule has 28 heavy (non-hydrogen) atoms. The van der Waals surface area contributed by atoms with E-state index in [0.29, 0.717) is 5.41 Å². The monoisotopic (exact) mass is 397 g/mol. The molecule has 0 heterocycles. The lowest BCUT2D eigenvalue weighted by Crippen LogP contribution is -2.39. The lowest BCUT2D eigenvalue weighted by molar-refractivity contribution is 0.123. The summed E-state index contributed by atoms with van der Waals surface area (Å²) in [6, 6.07) is 0. The van der Waals surface area contributed by atoms with Gasteiger partial charge in [0.15, 0.2) is 0 Å². The van der Waals surface area contributed by atoms with Gasteiger partial charge in [0, 0.05) is 16.6 Å². The molecule has 170 valence electrons. The van der Waals surface area contributed by atoms with Gasteiger partial charge in [0.2, 0.25) is 0 Å². The second kappa shape index (κ2) is 11.9. The summed E-state index contributed by atoms with van der Waals surface area (Å²) in [6.07, 6.45) is 7.81. The van der Waals surface area contributed by atoms with Crippen molar-refractivity contribution in [2.24, 2.45) is 11.3 Å². The molecule has 0 amide bonds. The van der Waals surface area contributed by atoms with E-state index >= 15 is 0 Å². The first kappa shape index (κ1) is 27.9. The van der Waals surface area contributed by atoms with Crippen LogP contribution in [0.5, 0.6) is 0 Å². The predicted molar refractivity (Wildman–Crippen MR) is 128 cm³/mol. The Morgan fingerprint density at radius 3 is 0.929 bits per heavy atom. The molecular weight excluding hydrogens is 342 g/mol. The summed E-state index contributed by atoms with van der Waals surface area (Å²) in [5, 5.41) is 11.0.